The molecule has 0 saturated heterocycles. The zero-order chi connectivity index (χ0) is 15.8. The molecule has 0 aromatic heterocycles. The smallest absolute Gasteiger partial charge is 0.203 e. The van der Waals surface area contributed by atoms with Crippen molar-refractivity contribution in [1.29, 1.82) is 0 Å². The molecule has 22 heavy (non-hydrogen) atoms. The molecule has 0 heterocycles. The van der Waals surface area contributed by atoms with Gasteiger partial charge in [-0.2, -0.15) is 0 Å². The SMILES string of the molecule is COc1ccc(CNCCC2=CCCCC2)c(OC)c1OC. The minimum atomic E-state index is 0.652. The second-order valence-corrected chi connectivity index (χ2v) is 5.53. The predicted molar refractivity (Wildman–Crippen MR) is 89.0 cm³/mol. The monoisotopic (exact) mass is 305 g/mol. The Morgan fingerprint density at radius 2 is 1.82 bits per heavy atom. The van der Waals surface area contributed by atoms with Crippen molar-refractivity contribution < 1.29 is 14.2 Å². The zero-order valence-electron chi connectivity index (χ0n) is 13.9. The summed E-state index contributed by atoms with van der Waals surface area (Å²) in [7, 11) is 4.92. The van der Waals surface area contributed by atoms with Crippen LogP contribution < -0.4 is 19.5 Å². The first-order chi connectivity index (χ1) is 10.8. The van der Waals surface area contributed by atoms with E-state index in [0.717, 1.165) is 30.8 Å². The summed E-state index contributed by atoms with van der Waals surface area (Å²) in [6.45, 7) is 1.75. The molecule has 0 aliphatic heterocycles. The van der Waals surface area contributed by atoms with Crippen LogP contribution in [-0.2, 0) is 6.54 Å². The first-order valence-electron chi connectivity index (χ1n) is 7.96. The van der Waals surface area contributed by atoms with Gasteiger partial charge in [0.15, 0.2) is 11.5 Å². The molecule has 4 heteroatoms. The van der Waals surface area contributed by atoms with Crippen LogP contribution in [0.15, 0.2) is 23.8 Å². The van der Waals surface area contributed by atoms with E-state index in [-0.39, 0.29) is 0 Å². The average molecular weight is 305 g/mol. The lowest BCUT2D eigenvalue weighted by Crippen LogP contribution is -2.16. The molecule has 0 spiro atoms. The van der Waals surface area contributed by atoms with Crippen molar-refractivity contribution in [3.8, 4) is 17.2 Å². The van der Waals surface area contributed by atoms with Gasteiger partial charge in [0.2, 0.25) is 5.75 Å². The molecule has 0 amide bonds. The van der Waals surface area contributed by atoms with Crippen molar-refractivity contribution in [1.82, 2.24) is 5.32 Å². The number of allylic oxidation sites excluding steroid dienone is 1. The van der Waals surface area contributed by atoms with Gasteiger partial charge in [-0.15, -0.1) is 0 Å². The van der Waals surface area contributed by atoms with E-state index >= 15 is 0 Å². The zero-order valence-corrected chi connectivity index (χ0v) is 13.9. The van der Waals surface area contributed by atoms with Gasteiger partial charge in [-0.05, 0) is 44.7 Å². The highest BCUT2D eigenvalue weighted by Crippen LogP contribution is 2.39. The minimum Gasteiger partial charge on any atom is -0.493 e. The first-order valence-corrected chi connectivity index (χ1v) is 7.96. The Bertz CT molecular complexity index is 511. The summed E-state index contributed by atoms with van der Waals surface area (Å²) in [5.74, 6) is 2.08. The van der Waals surface area contributed by atoms with E-state index in [9.17, 15) is 0 Å². The molecule has 1 aliphatic carbocycles. The van der Waals surface area contributed by atoms with Gasteiger partial charge in [-0.1, -0.05) is 17.7 Å². The largest absolute Gasteiger partial charge is 0.493 e. The lowest BCUT2D eigenvalue weighted by Gasteiger charge is -2.16. The van der Waals surface area contributed by atoms with Crippen molar-refractivity contribution in [3.63, 3.8) is 0 Å². The van der Waals surface area contributed by atoms with Crippen LogP contribution in [0.5, 0.6) is 17.2 Å². The number of hydrogen-bond donors (Lipinski definition) is 1. The van der Waals surface area contributed by atoms with Crippen LogP contribution in [0.1, 0.15) is 37.7 Å². The lowest BCUT2D eigenvalue weighted by molar-refractivity contribution is 0.321. The van der Waals surface area contributed by atoms with Crippen LogP contribution in [0.4, 0.5) is 0 Å². The van der Waals surface area contributed by atoms with Gasteiger partial charge < -0.3 is 19.5 Å². The number of ether oxygens (including phenoxy) is 3. The van der Waals surface area contributed by atoms with Crippen molar-refractivity contribution in [2.45, 2.75) is 38.6 Å². The Hall–Kier alpha value is -1.68. The third kappa shape index (κ3) is 4.17. The van der Waals surface area contributed by atoms with Crippen molar-refractivity contribution >= 4 is 0 Å². The Morgan fingerprint density at radius 3 is 2.45 bits per heavy atom. The van der Waals surface area contributed by atoms with E-state index in [0.29, 0.717) is 11.5 Å². The maximum Gasteiger partial charge on any atom is 0.203 e. The van der Waals surface area contributed by atoms with Gasteiger partial charge in [0.05, 0.1) is 21.3 Å². The number of rotatable bonds is 8. The quantitative estimate of drug-likeness (QED) is 0.587. The van der Waals surface area contributed by atoms with E-state index in [1.54, 1.807) is 26.9 Å². The molecule has 122 valence electrons. The molecule has 1 aliphatic rings. The minimum absolute atomic E-state index is 0.652. The molecule has 0 unspecified atom stereocenters. The van der Waals surface area contributed by atoms with E-state index < -0.39 is 0 Å². The van der Waals surface area contributed by atoms with Crippen LogP contribution >= 0.6 is 0 Å². The molecule has 0 atom stereocenters. The second kappa shape index (κ2) is 8.69. The normalized spacial score (nSPS) is 14.4. The Kier molecular flexibility index (Phi) is 6.59. The number of hydrogen-bond acceptors (Lipinski definition) is 4. The van der Waals surface area contributed by atoms with Crippen molar-refractivity contribution in [2.24, 2.45) is 0 Å². The molecule has 2 rings (SSSR count). The van der Waals surface area contributed by atoms with Crippen molar-refractivity contribution in [2.75, 3.05) is 27.9 Å². The molecule has 4 nitrogen and oxygen atoms in total. The summed E-state index contributed by atoms with van der Waals surface area (Å²) in [6, 6.07) is 3.94. The molecule has 0 bridgehead atoms. The second-order valence-electron chi connectivity index (χ2n) is 5.53. The lowest BCUT2D eigenvalue weighted by atomic mass is 9.97. The Morgan fingerprint density at radius 1 is 1.00 bits per heavy atom. The third-order valence-corrected chi connectivity index (χ3v) is 4.11. The molecule has 1 aromatic rings. The Labute approximate surface area is 133 Å². The number of nitrogens with one attached hydrogen (secondary N) is 1. The van der Waals surface area contributed by atoms with Crippen LogP contribution in [0.25, 0.3) is 0 Å². The van der Waals surface area contributed by atoms with Gasteiger partial charge in [-0.25, -0.2) is 0 Å². The summed E-state index contributed by atoms with van der Waals surface area (Å²) in [5.41, 5.74) is 2.68. The summed E-state index contributed by atoms with van der Waals surface area (Å²) >= 11 is 0. The van der Waals surface area contributed by atoms with E-state index in [4.69, 9.17) is 14.2 Å². The fourth-order valence-corrected chi connectivity index (χ4v) is 2.91. The molecule has 0 radical (unpaired) electrons. The summed E-state index contributed by atoms with van der Waals surface area (Å²) in [4.78, 5) is 0. The van der Waals surface area contributed by atoms with Crippen LogP contribution in [0.3, 0.4) is 0 Å². The summed E-state index contributed by atoms with van der Waals surface area (Å²) in [5, 5.41) is 3.50. The standard InChI is InChI=1S/C18H27NO3/c1-20-16-10-9-15(17(21-2)18(16)22-3)13-19-12-11-14-7-5-4-6-8-14/h7,9-10,19H,4-6,8,11-13H2,1-3H3. The van der Waals surface area contributed by atoms with Gasteiger partial charge in [0.25, 0.3) is 0 Å². The molecule has 1 aromatic carbocycles. The van der Waals surface area contributed by atoms with E-state index in [1.165, 1.54) is 25.7 Å². The van der Waals surface area contributed by atoms with Crippen LogP contribution in [0, 0.1) is 0 Å². The van der Waals surface area contributed by atoms with Gasteiger partial charge in [0, 0.05) is 12.1 Å². The first kappa shape index (κ1) is 16.7. The van der Waals surface area contributed by atoms with Crippen LogP contribution in [-0.4, -0.2) is 27.9 Å². The maximum atomic E-state index is 5.50. The average Bonchev–Trinajstić information content (AvgIpc) is 2.58. The fourth-order valence-electron chi connectivity index (χ4n) is 2.91. The number of methoxy groups -OCH3 is 3. The highest BCUT2D eigenvalue weighted by molar-refractivity contribution is 5.55. The maximum absolute atomic E-state index is 5.50. The molecule has 0 fully saturated rings. The predicted octanol–water partition coefficient (Wildman–Crippen LogP) is 3.69. The summed E-state index contributed by atoms with van der Waals surface area (Å²) in [6.07, 6.45) is 8.74. The van der Waals surface area contributed by atoms with Gasteiger partial charge in [-0.3, -0.25) is 0 Å². The third-order valence-electron chi connectivity index (χ3n) is 4.11. The van der Waals surface area contributed by atoms with Crippen LogP contribution in [0.2, 0.25) is 0 Å². The Balaban J connectivity index is 1.93. The van der Waals surface area contributed by atoms with E-state index in [1.807, 2.05) is 12.1 Å². The van der Waals surface area contributed by atoms with E-state index in [2.05, 4.69) is 11.4 Å². The highest BCUT2D eigenvalue weighted by Gasteiger charge is 2.15. The number of benzene rings is 1. The highest BCUT2D eigenvalue weighted by atomic mass is 16.5. The topological polar surface area (TPSA) is 39.7 Å². The van der Waals surface area contributed by atoms with Gasteiger partial charge in [0.1, 0.15) is 0 Å². The summed E-state index contributed by atoms with van der Waals surface area (Å²) < 4.78 is 16.2. The molecular weight excluding hydrogens is 278 g/mol. The van der Waals surface area contributed by atoms with Gasteiger partial charge >= 0.3 is 0 Å². The molecule has 1 N–H and O–H groups in total. The molecular formula is C18H27NO3. The molecule has 0 saturated carbocycles. The van der Waals surface area contributed by atoms with Crippen molar-refractivity contribution in [3.05, 3.63) is 29.3 Å². The fraction of sp³-hybridized carbons (Fsp3) is 0.556.